The summed E-state index contributed by atoms with van der Waals surface area (Å²) in [5.41, 5.74) is -0.865. The van der Waals surface area contributed by atoms with Gasteiger partial charge in [0.1, 0.15) is 0 Å². The third-order valence-electron chi connectivity index (χ3n) is 3.94. The number of ether oxygens (including phenoxy) is 1. The van der Waals surface area contributed by atoms with Crippen LogP contribution >= 0.6 is 0 Å². The van der Waals surface area contributed by atoms with Crippen molar-refractivity contribution in [3.05, 3.63) is 0 Å². The number of hydrogen-bond donors (Lipinski definition) is 3. The standard InChI is InChI=1S/C14H24N2O5/c1-21-11(17)6-9-15-13(20)16-10-14(12(18)19)7-4-2-3-5-8-14/h2-10H2,1H3,(H,18,19)(H2,15,16,20). The Morgan fingerprint density at radius 3 is 2.24 bits per heavy atom. The van der Waals surface area contributed by atoms with Gasteiger partial charge in [-0.25, -0.2) is 4.79 Å². The van der Waals surface area contributed by atoms with Crippen molar-refractivity contribution in [1.82, 2.24) is 10.6 Å². The Bertz CT molecular complexity index is 376. The van der Waals surface area contributed by atoms with Gasteiger partial charge in [0.2, 0.25) is 0 Å². The number of carboxylic acid groups (broad SMARTS) is 1. The third-order valence-corrected chi connectivity index (χ3v) is 3.94. The predicted octanol–water partition coefficient (Wildman–Crippen LogP) is 1.27. The summed E-state index contributed by atoms with van der Waals surface area (Å²) in [7, 11) is 1.28. The second-order valence-corrected chi connectivity index (χ2v) is 5.44. The highest BCUT2D eigenvalue weighted by atomic mass is 16.5. The van der Waals surface area contributed by atoms with Gasteiger partial charge in [0, 0.05) is 13.1 Å². The fourth-order valence-corrected chi connectivity index (χ4v) is 2.56. The van der Waals surface area contributed by atoms with E-state index in [9.17, 15) is 19.5 Å². The van der Waals surface area contributed by atoms with E-state index in [1.54, 1.807) is 0 Å². The van der Waals surface area contributed by atoms with Crippen LogP contribution in [0.1, 0.15) is 44.9 Å². The lowest BCUT2D eigenvalue weighted by atomic mass is 9.80. The lowest BCUT2D eigenvalue weighted by molar-refractivity contribution is -0.149. The fraction of sp³-hybridized carbons (Fsp3) is 0.786. The number of aliphatic carboxylic acids is 1. The van der Waals surface area contributed by atoms with Gasteiger partial charge in [-0.2, -0.15) is 0 Å². The summed E-state index contributed by atoms with van der Waals surface area (Å²) >= 11 is 0. The molecule has 1 saturated carbocycles. The van der Waals surface area contributed by atoms with Crippen molar-refractivity contribution >= 4 is 18.0 Å². The topological polar surface area (TPSA) is 105 Å². The molecule has 21 heavy (non-hydrogen) atoms. The van der Waals surface area contributed by atoms with Crippen LogP contribution in [0.25, 0.3) is 0 Å². The number of urea groups is 1. The van der Waals surface area contributed by atoms with Gasteiger partial charge in [-0.15, -0.1) is 0 Å². The number of hydrogen-bond acceptors (Lipinski definition) is 4. The molecule has 0 aliphatic heterocycles. The number of methoxy groups -OCH3 is 1. The molecular weight excluding hydrogens is 276 g/mol. The van der Waals surface area contributed by atoms with Gasteiger partial charge < -0.3 is 20.5 Å². The predicted molar refractivity (Wildman–Crippen MR) is 75.8 cm³/mol. The van der Waals surface area contributed by atoms with Crippen LogP contribution in [0.15, 0.2) is 0 Å². The normalized spacial score (nSPS) is 17.4. The minimum atomic E-state index is -0.865. The number of nitrogens with one attached hydrogen (secondary N) is 2. The monoisotopic (exact) mass is 300 g/mol. The average Bonchev–Trinajstić information content (AvgIpc) is 2.71. The highest BCUT2D eigenvalue weighted by Crippen LogP contribution is 2.34. The molecule has 0 bridgehead atoms. The summed E-state index contributed by atoms with van der Waals surface area (Å²) < 4.78 is 4.46. The molecule has 0 heterocycles. The van der Waals surface area contributed by atoms with Crippen LogP contribution in [-0.4, -0.2) is 43.3 Å². The Hall–Kier alpha value is -1.79. The van der Waals surface area contributed by atoms with Crippen LogP contribution < -0.4 is 10.6 Å². The molecule has 1 fully saturated rings. The molecule has 0 atom stereocenters. The SMILES string of the molecule is COC(=O)CCNC(=O)NCC1(C(=O)O)CCCCCC1. The van der Waals surface area contributed by atoms with Gasteiger partial charge in [-0.05, 0) is 12.8 Å². The Kier molecular flexibility index (Phi) is 6.98. The number of rotatable bonds is 6. The Balaban J connectivity index is 2.40. The first-order valence-electron chi connectivity index (χ1n) is 7.32. The van der Waals surface area contributed by atoms with Gasteiger partial charge in [0.25, 0.3) is 0 Å². The van der Waals surface area contributed by atoms with E-state index in [1.165, 1.54) is 7.11 Å². The van der Waals surface area contributed by atoms with Crippen molar-refractivity contribution in [3.63, 3.8) is 0 Å². The van der Waals surface area contributed by atoms with Gasteiger partial charge >= 0.3 is 18.0 Å². The second kappa shape index (κ2) is 8.49. The number of carbonyl (C=O) groups is 3. The van der Waals surface area contributed by atoms with Crippen LogP contribution in [0.5, 0.6) is 0 Å². The highest BCUT2D eigenvalue weighted by molar-refractivity contribution is 5.78. The van der Waals surface area contributed by atoms with Crippen LogP contribution in [0.2, 0.25) is 0 Å². The third kappa shape index (κ3) is 5.61. The minimum absolute atomic E-state index is 0.0913. The molecule has 1 rings (SSSR count). The molecule has 0 aromatic rings. The van der Waals surface area contributed by atoms with Gasteiger partial charge in [0.15, 0.2) is 0 Å². The van der Waals surface area contributed by atoms with Crippen LogP contribution in [-0.2, 0) is 14.3 Å². The molecule has 0 saturated heterocycles. The molecule has 0 radical (unpaired) electrons. The van der Waals surface area contributed by atoms with Gasteiger partial charge in [-0.1, -0.05) is 25.7 Å². The average molecular weight is 300 g/mol. The number of carbonyl (C=O) groups excluding carboxylic acids is 2. The Morgan fingerprint density at radius 1 is 1.10 bits per heavy atom. The molecule has 1 aliphatic rings. The smallest absolute Gasteiger partial charge is 0.314 e. The maximum atomic E-state index is 11.6. The molecule has 120 valence electrons. The van der Waals surface area contributed by atoms with E-state index in [4.69, 9.17) is 0 Å². The van der Waals surface area contributed by atoms with E-state index in [-0.39, 0.29) is 19.5 Å². The van der Waals surface area contributed by atoms with E-state index < -0.39 is 23.4 Å². The molecule has 3 N–H and O–H groups in total. The van der Waals surface area contributed by atoms with Gasteiger partial charge in [-0.3, -0.25) is 9.59 Å². The highest BCUT2D eigenvalue weighted by Gasteiger charge is 2.38. The first-order valence-corrected chi connectivity index (χ1v) is 7.32. The lowest BCUT2D eigenvalue weighted by Gasteiger charge is -2.28. The summed E-state index contributed by atoms with van der Waals surface area (Å²) in [6, 6.07) is -0.455. The number of amides is 2. The maximum Gasteiger partial charge on any atom is 0.314 e. The van der Waals surface area contributed by atoms with Crippen LogP contribution in [0.4, 0.5) is 4.79 Å². The van der Waals surface area contributed by atoms with Crippen molar-refractivity contribution in [2.24, 2.45) is 5.41 Å². The first-order chi connectivity index (χ1) is 10.00. The van der Waals surface area contributed by atoms with E-state index in [0.29, 0.717) is 12.8 Å². The lowest BCUT2D eigenvalue weighted by Crippen LogP contribution is -2.46. The quantitative estimate of drug-likeness (QED) is 0.506. The minimum Gasteiger partial charge on any atom is -0.481 e. The molecule has 7 nitrogen and oxygen atoms in total. The molecule has 0 spiro atoms. The zero-order valence-electron chi connectivity index (χ0n) is 12.4. The summed E-state index contributed by atoms with van der Waals surface area (Å²) in [5.74, 6) is -1.25. The molecule has 0 unspecified atom stereocenters. The maximum absolute atomic E-state index is 11.6. The van der Waals surface area contributed by atoms with Crippen LogP contribution in [0.3, 0.4) is 0 Å². The summed E-state index contributed by atoms with van der Waals surface area (Å²) in [5, 5.41) is 14.6. The van der Waals surface area contributed by atoms with Crippen molar-refractivity contribution < 1.29 is 24.2 Å². The largest absolute Gasteiger partial charge is 0.481 e. The fourth-order valence-electron chi connectivity index (χ4n) is 2.56. The summed E-state index contributed by atoms with van der Waals surface area (Å²) in [6.07, 6.45) is 5.10. The molecule has 2 amide bonds. The van der Waals surface area contributed by atoms with E-state index in [2.05, 4.69) is 15.4 Å². The molecule has 0 aromatic heterocycles. The zero-order valence-corrected chi connectivity index (χ0v) is 12.4. The Labute approximate surface area is 124 Å². The summed E-state index contributed by atoms with van der Waals surface area (Å²) in [6.45, 7) is 0.283. The first kappa shape index (κ1) is 17.3. The zero-order chi connectivity index (χ0) is 15.7. The van der Waals surface area contributed by atoms with Gasteiger partial charge in [0.05, 0.1) is 18.9 Å². The second-order valence-electron chi connectivity index (χ2n) is 5.44. The van der Waals surface area contributed by atoms with E-state index in [0.717, 1.165) is 25.7 Å². The van der Waals surface area contributed by atoms with Crippen molar-refractivity contribution in [2.45, 2.75) is 44.9 Å². The van der Waals surface area contributed by atoms with Crippen molar-refractivity contribution in [1.29, 1.82) is 0 Å². The number of esters is 1. The number of carboxylic acids is 1. The van der Waals surface area contributed by atoms with E-state index in [1.807, 2.05) is 0 Å². The van der Waals surface area contributed by atoms with E-state index >= 15 is 0 Å². The molecule has 1 aliphatic carbocycles. The summed E-state index contributed by atoms with van der Waals surface area (Å²) in [4.78, 5) is 34.1. The molecule has 7 heteroatoms. The van der Waals surface area contributed by atoms with Crippen molar-refractivity contribution in [3.8, 4) is 0 Å². The molecule has 0 aromatic carbocycles. The molecular formula is C14H24N2O5. The van der Waals surface area contributed by atoms with Crippen molar-refractivity contribution in [2.75, 3.05) is 20.2 Å². The Morgan fingerprint density at radius 2 is 1.71 bits per heavy atom. The van der Waals surface area contributed by atoms with Crippen LogP contribution in [0, 0.1) is 5.41 Å².